The van der Waals surface area contributed by atoms with E-state index < -0.39 is 5.60 Å². The maximum Gasteiger partial charge on any atom is 0.226 e. The van der Waals surface area contributed by atoms with Gasteiger partial charge in [-0.2, -0.15) is 0 Å². The molecule has 1 aliphatic heterocycles. The maximum atomic E-state index is 12.1. The zero-order valence-electron chi connectivity index (χ0n) is 11.8. The summed E-state index contributed by atoms with van der Waals surface area (Å²) in [6, 6.07) is 7.23. The van der Waals surface area contributed by atoms with Crippen LogP contribution in [0.3, 0.4) is 0 Å². The van der Waals surface area contributed by atoms with Crippen LogP contribution in [0.25, 0.3) is 0 Å². The number of aliphatic hydroxyl groups is 1. The number of likely N-dealkylation sites (tertiary alicyclic amines) is 1. The van der Waals surface area contributed by atoms with Gasteiger partial charge < -0.3 is 20.5 Å². The number of nitrogens with zero attached hydrogens (tertiary/aromatic N) is 1. The first kappa shape index (κ1) is 14.7. The monoisotopic (exact) mass is 278 g/mol. The fourth-order valence-electron chi connectivity index (χ4n) is 2.45. The first-order valence-electron chi connectivity index (χ1n) is 6.95. The molecule has 2 rings (SSSR count). The number of rotatable bonds is 4. The minimum absolute atomic E-state index is 0.0134. The van der Waals surface area contributed by atoms with Crippen LogP contribution in [0, 0.1) is 0 Å². The van der Waals surface area contributed by atoms with Gasteiger partial charge in [0.15, 0.2) is 0 Å². The lowest BCUT2D eigenvalue weighted by Gasteiger charge is -2.36. The molecule has 0 spiro atoms. The molecule has 0 aliphatic carbocycles. The van der Waals surface area contributed by atoms with Gasteiger partial charge in [0.05, 0.1) is 24.3 Å². The van der Waals surface area contributed by atoms with Gasteiger partial charge in [0.1, 0.15) is 5.75 Å². The molecule has 5 heteroatoms. The second-order valence-electron chi connectivity index (χ2n) is 5.55. The van der Waals surface area contributed by atoms with Gasteiger partial charge in [-0.3, -0.25) is 4.79 Å². The van der Waals surface area contributed by atoms with Crippen molar-refractivity contribution in [1.82, 2.24) is 4.90 Å². The standard InChI is InChI=1S/C15H22N2O3/c1-15(19)8-4-9-17(11-15)14(18)7-10-20-13-6-3-2-5-12(13)16/h2-3,5-6,19H,4,7-11,16H2,1H3. The Kier molecular flexibility index (Phi) is 4.49. The van der Waals surface area contributed by atoms with Gasteiger partial charge in [-0.15, -0.1) is 0 Å². The summed E-state index contributed by atoms with van der Waals surface area (Å²) in [5.41, 5.74) is 5.57. The van der Waals surface area contributed by atoms with Gasteiger partial charge in [-0.1, -0.05) is 12.1 Å². The Bertz CT molecular complexity index is 474. The lowest BCUT2D eigenvalue weighted by molar-refractivity contribution is -0.138. The lowest BCUT2D eigenvalue weighted by atomic mass is 9.95. The molecule has 1 heterocycles. The van der Waals surface area contributed by atoms with Crippen molar-refractivity contribution >= 4 is 11.6 Å². The molecule has 1 atom stereocenters. The van der Waals surface area contributed by atoms with E-state index in [1.54, 1.807) is 24.0 Å². The highest BCUT2D eigenvalue weighted by Crippen LogP contribution is 2.22. The molecule has 0 radical (unpaired) electrons. The van der Waals surface area contributed by atoms with Gasteiger partial charge in [-0.25, -0.2) is 0 Å². The fraction of sp³-hybridized carbons (Fsp3) is 0.533. The molecule has 110 valence electrons. The first-order chi connectivity index (χ1) is 9.48. The summed E-state index contributed by atoms with van der Waals surface area (Å²) < 4.78 is 5.52. The van der Waals surface area contributed by atoms with Crippen LogP contribution in [0.4, 0.5) is 5.69 Å². The Morgan fingerprint density at radius 1 is 1.50 bits per heavy atom. The lowest BCUT2D eigenvalue weighted by Crippen LogP contribution is -2.48. The highest BCUT2D eigenvalue weighted by atomic mass is 16.5. The third-order valence-corrected chi connectivity index (χ3v) is 3.52. The Morgan fingerprint density at radius 3 is 2.95 bits per heavy atom. The minimum Gasteiger partial charge on any atom is -0.491 e. The number of nitrogen functional groups attached to an aromatic ring is 1. The summed E-state index contributed by atoms with van der Waals surface area (Å²) in [4.78, 5) is 13.8. The minimum atomic E-state index is -0.765. The third kappa shape index (κ3) is 3.87. The molecule has 5 nitrogen and oxygen atoms in total. The van der Waals surface area contributed by atoms with Crippen molar-refractivity contribution in [2.45, 2.75) is 31.8 Å². The van der Waals surface area contributed by atoms with Gasteiger partial charge in [0, 0.05) is 13.1 Å². The molecule has 1 amide bonds. The number of carbonyl (C=O) groups is 1. The fourth-order valence-corrected chi connectivity index (χ4v) is 2.45. The summed E-state index contributed by atoms with van der Waals surface area (Å²) in [6.45, 7) is 3.18. The highest BCUT2D eigenvalue weighted by molar-refractivity contribution is 5.76. The molecule has 0 aromatic heterocycles. The largest absolute Gasteiger partial charge is 0.491 e. The molecule has 1 fully saturated rings. The molecule has 1 aromatic rings. The van der Waals surface area contributed by atoms with Gasteiger partial charge >= 0.3 is 0 Å². The van der Waals surface area contributed by atoms with Crippen molar-refractivity contribution in [2.24, 2.45) is 0 Å². The smallest absolute Gasteiger partial charge is 0.226 e. The SMILES string of the molecule is CC1(O)CCCN(C(=O)CCOc2ccccc2N)C1. The van der Waals surface area contributed by atoms with Crippen molar-refractivity contribution in [1.29, 1.82) is 0 Å². The Balaban J connectivity index is 1.79. The van der Waals surface area contributed by atoms with E-state index >= 15 is 0 Å². The number of nitrogens with two attached hydrogens (primary N) is 1. The average Bonchev–Trinajstić information content (AvgIpc) is 2.39. The van der Waals surface area contributed by atoms with Crippen LogP contribution >= 0.6 is 0 Å². The van der Waals surface area contributed by atoms with Gasteiger partial charge in [0.25, 0.3) is 0 Å². The number of para-hydroxylation sites is 2. The van der Waals surface area contributed by atoms with E-state index in [9.17, 15) is 9.90 Å². The van der Waals surface area contributed by atoms with E-state index in [-0.39, 0.29) is 5.91 Å². The topological polar surface area (TPSA) is 75.8 Å². The Labute approximate surface area is 119 Å². The quantitative estimate of drug-likeness (QED) is 0.817. The zero-order chi connectivity index (χ0) is 14.6. The second-order valence-corrected chi connectivity index (χ2v) is 5.55. The number of benzene rings is 1. The number of hydrogen-bond acceptors (Lipinski definition) is 4. The van der Waals surface area contributed by atoms with Crippen LogP contribution in [-0.2, 0) is 4.79 Å². The first-order valence-corrected chi connectivity index (χ1v) is 6.95. The highest BCUT2D eigenvalue weighted by Gasteiger charge is 2.30. The van der Waals surface area contributed by atoms with Crippen LogP contribution in [0.2, 0.25) is 0 Å². The number of piperidine rings is 1. The number of hydrogen-bond donors (Lipinski definition) is 2. The van der Waals surface area contributed by atoms with Crippen LogP contribution in [0.15, 0.2) is 24.3 Å². The number of carbonyl (C=O) groups excluding carboxylic acids is 1. The number of anilines is 1. The molecule has 1 saturated heterocycles. The number of amides is 1. The molecule has 1 aromatic carbocycles. The maximum absolute atomic E-state index is 12.1. The molecule has 0 saturated carbocycles. The predicted molar refractivity (Wildman–Crippen MR) is 77.4 cm³/mol. The summed E-state index contributed by atoms with van der Waals surface area (Å²) in [5.74, 6) is 0.616. The third-order valence-electron chi connectivity index (χ3n) is 3.52. The van der Waals surface area contributed by atoms with E-state index in [4.69, 9.17) is 10.5 Å². The Hall–Kier alpha value is -1.75. The molecule has 1 unspecified atom stereocenters. The predicted octanol–water partition coefficient (Wildman–Crippen LogP) is 1.41. The van der Waals surface area contributed by atoms with Crippen LogP contribution in [-0.4, -0.2) is 41.2 Å². The van der Waals surface area contributed by atoms with Crippen molar-refractivity contribution < 1.29 is 14.6 Å². The van der Waals surface area contributed by atoms with Gasteiger partial charge in [-0.05, 0) is 31.9 Å². The van der Waals surface area contributed by atoms with E-state index in [0.29, 0.717) is 37.6 Å². The molecule has 1 aliphatic rings. The zero-order valence-corrected chi connectivity index (χ0v) is 11.8. The molecule has 0 bridgehead atoms. The van der Waals surface area contributed by atoms with E-state index in [1.807, 2.05) is 12.1 Å². The second kappa shape index (κ2) is 6.13. The summed E-state index contributed by atoms with van der Waals surface area (Å²) in [5, 5.41) is 9.99. The van der Waals surface area contributed by atoms with Crippen molar-refractivity contribution in [2.75, 3.05) is 25.4 Å². The van der Waals surface area contributed by atoms with E-state index in [1.165, 1.54) is 0 Å². The number of ether oxygens (including phenoxy) is 1. The Morgan fingerprint density at radius 2 is 2.25 bits per heavy atom. The van der Waals surface area contributed by atoms with Crippen LogP contribution < -0.4 is 10.5 Å². The van der Waals surface area contributed by atoms with Gasteiger partial charge in [0.2, 0.25) is 5.91 Å². The molecule has 3 N–H and O–H groups in total. The summed E-state index contributed by atoms with van der Waals surface area (Å²) in [6.07, 6.45) is 1.88. The van der Waals surface area contributed by atoms with E-state index in [0.717, 1.165) is 12.8 Å². The van der Waals surface area contributed by atoms with Crippen molar-refractivity contribution in [3.63, 3.8) is 0 Å². The average molecular weight is 278 g/mol. The van der Waals surface area contributed by atoms with Crippen LogP contribution in [0.5, 0.6) is 5.75 Å². The van der Waals surface area contributed by atoms with Crippen LogP contribution in [0.1, 0.15) is 26.2 Å². The van der Waals surface area contributed by atoms with Crippen molar-refractivity contribution in [3.8, 4) is 5.75 Å². The number of β-amino-alcohol motifs (C(OH)–C–C–N with tert-alkyl or cyclic N) is 1. The molecule has 20 heavy (non-hydrogen) atoms. The summed E-state index contributed by atoms with van der Waals surface area (Å²) >= 11 is 0. The molecular formula is C15H22N2O3. The van der Waals surface area contributed by atoms with E-state index in [2.05, 4.69) is 0 Å². The summed E-state index contributed by atoms with van der Waals surface area (Å²) in [7, 11) is 0. The normalized spacial score (nSPS) is 22.6. The molecular weight excluding hydrogens is 256 g/mol. The van der Waals surface area contributed by atoms with Crippen molar-refractivity contribution in [3.05, 3.63) is 24.3 Å².